The van der Waals surface area contributed by atoms with Crippen molar-refractivity contribution in [1.82, 2.24) is 10.6 Å². The van der Waals surface area contributed by atoms with Crippen LogP contribution >= 0.6 is 0 Å². The molecule has 0 atom stereocenters. The molecule has 1 heterocycles. The quantitative estimate of drug-likeness (QED) is 0.605. The van der Waals surface area contributed by atoms with Gasteiger partial charge in [0, 0.05) is 12.6 Å². The molecule has 0 saturated heterocycles. The summed E-state index contributed by atoms with van der Waals surface area (Å²) >= 11 is 0. The molecule has 104 valence electrons. The van der Waals surface area contributed by atoms with Gasteiger partial charge in [-0.15, -0.1) is 0 Å². The van der Waals surface area contributed by atoms with Crippen LogP contribution in [0.1, 0.15) is 35.4 Å². The Morgan fingerprint density at radius 1 is 1.37 bits per heavy atom. The van der Waals surface area contributed by atoms with Gasteiger partial charge in [-0.2, -0.15) is 0 Å². The average Bonchev–Trinajstić information content (AvgIpc) is 3.07. The van der Waals surface area contributed by atoms with Crippen LogP contribution in [0.2, 0.25) is 0 Å². The zero-order chi connectivity index (χ0) is 13.7. The normalized spacial score (nSPS) is 14.3. The van der Waals surface area contributed by atoms with Gasteiger partial charge in [0.1, 0.15) is 12.2 Å². The molecular weight excluding hydrogens is 248 g/mol. The van der Waals surface area contributed by atoms with Crippen LogP contribution in [-0.4, -0.2) is 36.1 Å². The van der Waals surface area contributed by atoms with Crippen molar-refractivity contribution in [3.8, 4) is 0 Å². The Bertz CT molecular complexity index is 451. The molecule has 3 N–H and O–H groups in total. The first-order valence-electron chi connectivity index (χ1n) is 6.46. The molecule has 0 aromatic carbocycles. The Morgan fingerprint density at radius 3 is 2.84 bits per heavy atom. The molecular formula is C13H18N2O4. The van der Waals surface area contributed by atoms with E-state index in [1.54, 1.807) is 0 Å². The zero-order valence-corrected chi connectivity index (χ0v) is 10.6. The highest BCUT2D eigenvalue weighted by Gasteiger charge is 2.19. The Labute approximate surface area is 111 Å². The fourth-order valence-electron chi connectivity index (χ4n) is 1.80. The standard InChI is InChI=1S/C13H18N2O4/c16-12(17)8-11-10(4-7-19-11)13(18)15-6-1-5-14-9-2-3-9/h4,7,9,14H,1-3,5-6,8H2,(H,15,18)(H,16,17). The summed E-state index contributed by atoms with van der Waals surface area (Å²) in [5.74, 6) is -1.10. The van der Waals surface area contributed by atoms with Crippen molar-refractivity contribution in [2.24, 2.45) is 0 Å². The number of carboxylic acid groups (broad SMARTS) is 1. The Hall–Kier alpha value is -1.82. The summed E-state index contributed by atoms with van der Waals surface area (Å²) in [5, 5.41) is 14.8. The monoisotopic (exact) mass is 266 g/mol. The number of hydrogen-bond acceptors (Lipinski definition) is 4. The van der Waals surface area contributed by atoms with Crippen molar-refractivity contribution in [2.75, 3.05) is 13.1 Å². The second kappa shape index (κ2) is 6.38. The van der Waals surface area contributed by atoms with Gasteiger partial charge in [0.2, 0.25) is 0 Å². The summed E-state index contributed by atoms with van der Waals surface area (Å²) in [5.41, 5.74) is 0.303. The van der Waals surface area contributed by atoms with E-state index in [1.165, 1.54) is 25.2 Å². The van der Waals surface area contributed by atoms with E-state index in [0.29, 0.717) is 18.2 Å². The van der Waals surface area contributed by atoms with Crippen LogP contribution < -0.4 is 10.6 Å². The predicted octanol–water partition coefficient (Wildman–Crippen LogP) is 0.779. The maximum Gasteiger partial charge on any atom is 0.311 e. The smallest absolute Gasteiger partial charge is 0.311 e. The minimum atomic E-state index is -1.02. The minimum absolute atomic E-state index is 0.195. The van der Waals surface area contributed by atoms with Crippen LogP contribution in [0.15, 0.2) is 16.7 Å². The first-order valence-corrected chi connectivity index (χ1v) is 6.46. The van der Waals surface area contributed by atoms with E-state index < -0.39 is 5.97 Å². The number of carbonyl (C=O) groups is 2. The summed E-state index contributed by atoms with van der Waals surface area (Å²) in [7, 11) is 0. The molecule has 1 fully saturated rings. The lowest BCUT2D eigenvalue weighted by Gasteiger charge is -2.05. The molecule has 1 aromatic heterocycles. The number of carboxylic acids is 1. The van der Waals surface area contributed by atoms with Gasteiger partial charge < -0.3 is 20.2 Å². The van der Waals surface area contributed by atoms with Crippen molar-refractivity contribution in [3.63, 3.8) is 0 Å². The van der Waals surface area contributed by atoms with Gasteiger partial charge in [-0.3, -0.25) is 9.59 Å². The first kappa shape index (κ1) is 13.6. The summed E-state index contributed by atoms with van der Waals surface area (Å²) < 4.78 is 5.01. The minimum Gasteiger partial charge on any atom is -0.481 e. The van der Waals surface area contributed by atoms with Crippen LogP contribution in [0, 0.1) is 0 Å². The Morgan fingerprint density at radius 2 is 2.16 bits per heavy atom. The van der Waals surface area contributed by atoms with Gasteiger partial charge in [-0.05, 0) is 31.9 Å². The third kappa shape index (κ3) is 4.40. The molecule has 1 aliphatic carbocycles. The van der Waals surface area contributed by atoms with E-state index >= 15 is 0 Å². The molecule has 0 bridgehead atoms. The highest BCUT2D eigenvalue weighted by molar-refractivity contribution is 5.95. The second-order valence-electron chi connectivity index (χ2n) is 4.67. The van der Waals surface area contributed by atoms with Gasteiger partial charge in [-0.1, -0.05) is 0 Å². The molecule has 6 heteroatoms. The second-order valence-corrected chi connectivity index (χ2v) is 4.67. The van der Waals surface area contributed by atoms with E-state index in [-0.39, 0.29) is 18.1 Å². The fourth-order valence-corrected chi connectivity index (χ4v) is 1.80. The number of rotatable bonds is 8. The molecule has 1 amide bonds. The summed E-state index contributed by atoms with van der Waals surface area (Å²) in [6.07, 6.45) is 4.41. The van der Waals surface area contributed by atoms with E-state index in [0.717, 1.165) is 13.0 Å². The highest BCUT2D eigenvalue weighted by atomic mass is 16.4. The topological polar surface area (TPSA) is 91.6 Å². The summed E-state index contributed by atoms with van der Waals surface area (Å²) in [6, 6.07) is 2.17. The van der Waals surface area contributed by atoms with Crippen LogP contribution in [0.25, 0.3) is 0 Å². The summed E-state index contributed by atoms with van der Waals surface area (Å²) in [6.45, 7) is 1.45. The van der Waals surface area contributed by atoms with Gasteiger partial charge in [0.05, 0.1) is 11.8 Å². The van der Waals surface area contributed by atoms with Crippen LogP contribution in [0.4, 0.5) is 0 Å². The fraction of sp³-hybridized carbons (Fsp3) is 0.538. The predicted molar refractivity (Wildman–Crippen MR) is 68.0 cm³/mol. The van der Waals surface area contributed by atoms with E-state index in [9.17, 15) is 9.59 Å². The molecule has 0 spiro atoms. The molecule has 0 aliphatic heterocycles. The van der Waals surface area contributed by atoms with Crippen LogP contribution in [-0.2, 0) is 11.2 Å². The van der Waals surface area contributed by atoms with Crippen molar-refractivity contribution in [3.05, 3.63) is 23.7 Å². The number of amides is 1. The Balaban J connectivity index is 1.72. The maximum absolute atomic E-state index is 11.8. The van der Waals surface area contributed by atoms with Crippen molar-refractivity contribution >= 4 is 11.9 Å². The van der Waals surface area contributed by atoms with Crippen molar-refractivity contribution in [2.45, 2.75) is 31.7 Å². The average molecular weight is 266 g/mol. The largest absolute Gasteiger partial charge is 0.481 e. The van der Waals surface area contributed by atoms with E-state index in [2.05, 4.69) is 10.6 Å². The molecule has 19 heavy (non-hydrogen) atoms. The molecule has 2 rings (SSSR count). The molecule has 6 nitrogen and oxygen atoms in total. The van der Waals surface area contributed by atoms with Crippen molar-refractivity contribution < 1.29 is 19.1 Å². The van der Waals surface area contributed by atoms with Crippen LogP contribution in [0.5, 0.6) is 0 Å². The molecule has 1 aromatic rings. The summed E-state index contributed by atoms with van der Waals surface area (Å²) in [4.78, 5) is 22.4. The SMILES string of the molecule is O=C(O)Cc1occc1C(=O)NCCCNC1CC1. The van der Waals surface area contributed by atoms with Gasteiger partial charge in [0.15, 0.2) is 0 Å². The first-order chi connectivity index (χ1) is 9.16. The van der Waals surface area contributed by atoms with Gasteiger partial charge >= 0.3 is 5.97 Å². The lowest BCUT2D eigenvalue weighted by Crippen LogP contribution is -2.28. The van der Waals surface area contributed by atoms with E-state index in [4.69, 9.17) is 9.52 Å². The zero-order valence-electron chi connectivity index (χ0n) is 10.6. The Kier molecular flexibility index (Phi) is 4.57. The molecule has 0 radical (unpaired) electrons. The van der Waals surface area contributed by atoms with Crippen LogP contribution in [0.3, 0.4) is 0 Å². The number of carbonyl (C=O) groups excluding carboxylic acids is 1. The third-order valence-electron chi connectivity index (χ3n) is 2.95. The number of furan rings is 1. The number of aliphatic carboxylic acids is 1. The number of nitrogens with one attached hydrogen (secondary N) is 2. The maximum atomic E-state index is 11.8. The van der Waals surface area contributed by atoms with Gasteiger partial charge in [0.25, 0.3) is 5.91 Å². The number of hydrogen-bond donors (Lipinski definition) is 3. The van der Waals surface area contributed by atoms with E-state index in [1.807, 2.05) is 0 Å². The van der Waals surface area contributed by atoms with Gasteiger partial charge in [-0.25, -0.2) is 0 Å². The highest BCUT2D eigenvalue weighted by Crippen LogP contribution is 2.18. The molecule has 0 unspecified atom stereocenters. The molecule has 1 saturated carbocycles. The van der Waals surface area contributed by atoms with Crippen molar-refractivity contribution in [1.29, 1.82) is 0 Å². The lowest BCUT2D eigenvalue weighted by molar-refractivity contribution is -0.136. The molecule has 1 aliphatic rings. The third-order valence-corrected chi connectivity index (χ3v) is 2.95. The lowest BCUT2D eigenvalue weighted by atomic mass is 10.2.